The number of hydrogen-bond acceptors (Lipinski definition) is 5. The SMILES string of the molecule is Cc1ccc(C2=[N+]([O-])C3(CCCCC3=O)N(O)C2(C)C)o1. The lowest BCUT2D eigenvalue weighted by Crippen LogP contribution is -2.60. The van der Waals surface area contributed by atoms with Gasteiger partial charge in [0.25, 0.3) is 5.71 Å². The Balaban J connectivity index is 2.21. The van der Waals surface area contributed by atoms with Crippen LogP contribution in [0.15, 0.2) is 16.5 Å². The van der Waals surface area contributed by atoms with Crippen LogP contribution in [0.25, 0.3) is 0 Å². The van der Waals surface area contributed by atoms with E-state index in [1.165, 1.54) is 0 Å². The smallest absolute Gasteiger partial charge is 0.310 e. The summed E-state index contributed by atoms with van der Waals surface area (Å²) in [6.07, 6.45) is 2.15. The third-order valence-electron chi connectivity index (χ3n) is 4.60. The topological polar surface area (TPSA) is 79.8 Å². The molecule has 1 aliphatic heterocycles. The second kappa shape index (κ2) is 4.42. The molecule has 0 aromatic carbocycles. The quantitative estimate of drug-likeness (QED) is 0.634. The number of aryl methyl sites for hydroxylation is 1. The fourth-order valence-electron chi connectivity index (χ4n) is 3.48. The predicted molar refractivity (Wildman–Crippen MR) is 75.1 cm³/mol. The molecule has 0 saturated heterocycles. The predicted octanol–water partition coefficient (Wildman–Crippen LogP) is 2.21. The number of rotatable bonds is 1. The molecule has 114 valence electrons. The fraction of sp³-hybridized carbons (Fsp3) is 0.600. The van der Waals surface area contributed by atoms with Crippen molar-refractivity contribution in [3.05, 3.63) is 28.9 Å². The van der Waals surface area contributed by atoms with Gasteiger partial charge in [0.05, 0.1) is 0 Å². The van der Waals surface area contributed by atoms with E-state index in [9.17, 15) is 15.2 Å². The van der Waals surface area contributed by atoms with Crippen LogP contribution in [0.1, 0.15) is 51.1 Å². The van der Waals surface area contributed by atoms with Crippen LogP contribution in [-0.2, 0) is 4.79 Å². The van der Waals surface area contributed by atoms with Crippen molar-refractivity contribution in [1.29, 1.82) is 0 Å². The van der Waals surface area contributed by atoms with Crippen molar-refractivity contribution in [2.45, 2.75) is 57.7 Å². The molecule has 1 N–H and O–H groups in total. The fourth-order valence-corrected chi connectivity index (χ4v) is 3.48. The lowest BCUT2D eigenvalue weighted by molar-refractivity contribution is -0.574. The van der Waals surface area contributed by atoms with Crippen molar-refractivity contribution in [1.82, 2.24) is 5.06 Å². The number of furan rings is 1. The van der Waals surface area contributed by atoms with Gasteiger partial charge in [-0.05, 0) is 45.7 Å². The Hall–Kier alpha value is -1.66. The summed E-state index contributed by atoms with van der Waals surface area (Å²) in [5, 5.41) is 24.5. The van der Waals surface area contributed by atoms with Crippen LogP contribution in [0.2, 0.25) is 0 Å². The van der Waals surface area contributed by atoms with Crippen LogP contribution in [0.5, 0.6) is 0 Å². The largest absolute Gasteiger partial charge is 0.622 e. The van der Waals surface area contributed by atoms with E-state index in [1.54, 1.807) is 32.9 Å². The molecule has 1 fully saturated rings. The van der Waals surface area contributed by atoms with E-state index in [2.05, 4.69) is 0 Å². The molecule has 6 nitrogen and oxygen atoms in total. The first-order chi connectivity index (χ1) is 9.81. The molecule has 1 unspecified atom stereocenters. The van der Waals surface area contributed by atoms with E-state index in [0.29, 0.717) is 34.8 Å². The summed E-state index contributed by atoms with van der Waals surface area (Å²) in [4.78, 5) is 12.4. The van der Waals surface area contributed by atoms with Gasteiger partial charge in [-0.2, -0.15) is 4.74 Å². The summed E-state index contributed by atoms with van der Waals surface area (Å²) in [7, 11) is 0. The minimum atomic E-state index is -1.50. The molecule has 21 heavy (non-hydrogen) atoms. The third kappa shape index (κ3) is 1.72. The van der Waals surface area contributed by atoms with E-state index in [1.807, 2.05) is 0 Å². The molecule has 6 heteroatoms. The highest BCUT2D eigenvalue weighted by Gasteiger charge is 2.66. The van der Waals surface area contributed by atoms with E-state index < -0.39 is 11.2 Å². The summed E-state index contributed by atoms with van der Waals surface area (Å²) in [5.74, 6) is 0.863. The minimum Gasteiger partial charge on any atom is -0.622 e. The number of carbonyl (C=O) groups excluding carboxylic acids is 1. The molecule has 0 amide bonds. The zero-order chi connectivity index (χ0) is 15.4. The molecular formula is C15H20N2O4. The number of Topliss-reactive ketones (excluding diaryl/α,β-unsaturated/α-hetero) is 1. The molecule has 1 saturated carbocycles. The Bertz CT molecular complexity index is 631. The van der Waals surface area contributed by atoms with Crippen molar-refractivity contribution >= 4 is 11.5 Å². The normalized spacial score (nSPS) is 29.6. The maximum absolute atomic E-state index is 12.9. The van der Waals surface area contributed by atoms with Gasteiger partial charge in [-0.25, -0.2) is 0 Å². The Morgan fingerprint density at radius 2 is 2.10 bits per heavy atom. The van der Waals surface area contributed by atoms with Gasteiger partial charge in [0, 0.05) is 12.8 Å². The van der Waals surface area contributed by atoms with Crippen molar-refractivity contribution in [3.8, 4) is 0 Å². The van der Waals surface area contributed by atoms with Gasteiger partial charge in [0.15, 0.2) is 5.76 Å². The molecule has 0 bridgehead atoms. The lowest BCUT2D eigenvalue weighted by atomic mass is 9.87. The average molecular weight is 292 g/mol. The van der Waals surface area contributed by atoms with Gasteiger partial charge in [-0.1, -0.05) is 0 Å². The van der Waals surface area contributed by atoms with E-state index in [-0.39, 0.29) is 5.78 Å². The Labute approximate surface area is 123 Å². The second-order valence-electron chi connectivity index (χ2n) is 6.37. The van der Waals surface area contributed by atoms with Crippen LogP contribution in [-0.4, -0.2) is 37.7 Å². The first-order valence-corrected chi connectivity index (χ1v) is 7.26. The number of hydroxylamine groups is 3. The molecule has 1 aromatic heterocycles. The van der Waals surface area contributed by atoms with Crippen LogP contribution in [0.3, 0.4) is 0 Å². The van der Waals surface area contributed by atoms with Gasteiger partial charge in [0.1, 0.15) is 11.3 Å². The summed E-state index contributed by atoms with van der Waals surface area (Å²) in [6.45, 7) is 5.24. The highest BCUT2D eigenvalue weighted by molar-refractivity contribution is 6.04. The first-order valence-electron chi connectivity index (χ1n) is 7.26. The molecule has 1 spiro atoms. The molecule has 1 atom stereocenters. The van der Waals surface area contributed by atoms with E-state index >= 15 is 0 Å². The molecule has 3 rings (SSSR count). The van der Waals surface area contributed by atoms with Gasteiger partial charge in [-0.15, -0.1) is 5.06 Å². The number of ketones is 1. The zero-order valence-electron chi connectivity index (χ0n) is 12.5. The van der Waals surface area contributed by atoms with Gasteiger partial charge >= 0.3 is 5.66 Å². The van der Waals surface area contributed by atoms with Crippen molar-refractivity contribution < 1.29 is 19.2 Å². The first kappa shape index (κ1) is 14.3. The van der Waals surface area contributed by atoms with Crippen molar-refractivity contribution in [2.24, 2.45) is 0 Å². The van der Waals surface area contributed by atoms with E-state index in [0.717, 1.165) is 17.9 Å². The highest BCUT2D eigenvalue weighted by Crippen LogP contribution is 2.42. The maximum atomic E-state index is 12.9. The summed E-state index contributed by atoms with van der Waals surface area (Å²) < 4.78 is 6.24. The van der Waals surface area contributed by atoms with Crippen LogP contribution >= 0.6 is 0 Å². The highest BCUT2D eigenvalue weighted by atomic mass is 16.6. The molecule has 0 radical (unpaired) electrons. The number of carbonyl (C=O) groups is 1. The minimum absolute atomic E-state index is 0.224. The summed E-state index contributed by atoms with van der Waals surface area (Å²) in [6, 6.07) is 3.47. The monoisotopic (exact) mass is 292 g/mol. The molecule has 1 aromatic rings. The number of hydrogen-bond donors (Lipinski definition) is 1. The summed E-state index contributed by atoms with van der Waals surface area (Å²) in [5.41, 5.74) is -2.19. The molecule has 2 aliphatic rings. The molecular weight excluding hydrogens is 272 g/mol. The van der Waals surface area contributed by atoms with Crippen LogP contribution in [0.4, 0.5) is 0 Å². The Morgan fingerprint density at radius 3 is 2.67 bits per heavy atom. The van der Waals surface area contributed by atoms with Gasteiger partial charge in [0.2, 0.25) is 5.78 Å². The summed E-state index contributed by atoms with van der Waals surface area (Å²) >= 11 is 0. The van der Waals surface area contributed by atoms with E-state index in [4.69, 9.17) is 4.42 Å². The molecule has 2 heterocycles. The Morgan fingerprint density at radius 1 is 1.38 bits per heavy atom. The zero-order valence-corrected chi connectivity index (χ0v) is 12.5. The lowest BCUT2D eigenvalue weighted by Gasteiger charge is -2.36. The van der Waals surface area contributed by atoms with Gasteiger partial charge < -0.3 is 14.8 Å². The van der Waals surface area contributed by atoms with Crippen LogP contribution < -0.4 is 0 Å². The maximum Gasteiger partial charge on any atom is 0.310 e. The average Bonchev–Trinajstić information content (AvgIpc) is 2.89. The third-order valence-corrected chi connectivity index (χ3v) is 4.60. The van der Waals surface area contributed by atoms with Gasteiger partial charge in [-0.3, -0.25) is 4.79 Å². The molecule has 1 aliphatic carbocycles. The standard InChI is InChI=1S/C15H20N2O4/c1-10-7-8-11(21-10)13-14(2,3)17(20)15(16(13)19)9-5-4-6-12(15)18/h7-8,20H,4-6,9H2,1-3H3. The van der Waals surface area contributed by atoms with Crippen molar-refractivity contribution in [3.63, 3.8) is 0 Å². The van der Waals surface area contributed by atoms with Crippen molar-refractivity contribution in [2.75, 3.05) is 0 Å². The second-order valence-corrected chi connectivity index (χ2v) is 6.37. The van der Waals surface area contributed by atoms with Crippen LogP contribution in [0, 0.1) is 12.1 Å². The number of nitrogens with zero attached hydrogens (tertiary/aromatic N) is 2. The Kier molecular flexibility index (Phi) is 3.00.